The van der Waals surface area contributed by atoms with Crippen LogP contribution in [0, 0.1) is 11.3 Å². The third-order valence-corrected chi connectivity index (χ3v) is 3.54. The molecule has 0 amide bonds. The molecule has 1 N–H and O–H groups in total. The molecule has 5 heteroatoms. The van der Waals surface area contributed by atoms with E-state index < -0.39 is 0 Å². The summed E-state index contributed by atoms with van der Waals surface area (Å²) < 4.78 is 5.68. The van der Waals surface area contributed by atoms with Gasteiger partial charge < -0.3 is 9.84 Å². The second kappa shape index (κ2) is 7.85. The summed E-state index contributed by atoms with van der Waals surface area (Å²) >= 11 is 0. The average Bonchev–Trinajstić information content (AvgIpc) is 2.50. The molecule has 0 atom stereocenters. The van der Waals surface area contributed by atoms with E-state index in [1.807, 2.05) is 12.1 Å². The maximum absolute atomic E-state index is 8.89. The van der Waals surface area contributed by atoms with Gasteiger partial charge in [-0.3, -0.25) is 9.80 Å². The highest BCUT2D eigenvalue weighted by Gasteiger charge is 2.15. The van der Waals surface area contributed by atoms with E-state index in [9.17, 15) is 0 Å². The SMILES string of the molecule is N#Cc1ccc(OCCN2CCN(CCO)CC2)cc1. The molecule has 1 heterocycles. The van der Waals surface area contributed by atoms with Crippen LogP contribution in [0.3, 0.4) is 0 Å². The van der Waals surface area contributed by atoms with Gasteiger partial charge in [-0.1, -0.05) is 0 Å². The standard InChI is InChI=1S/C15H21N3O2/c16-13-14-1-3-15(4-2-14)20-12-10-18-7-5-17(6-8-18)9-11-19/h1-4,19H,5-12H2. The number of nitriles is 1. The maximum Gasteiger partial charge on any atom is 0.119 e. The lowest BCUT2D eigenvalue weighted by Crippen LogP contribution is -2.48. The minimum atomic E-state index is 0.238. The first-order valence-corrected chi connectivity index (χ1v) is 7.00. The van der Waals surface area contributed by atoms with Gasteiger partial charge in [-0.2, -0.15) is 5.26 Å². The minimum absolute atomic E-state index is 0.238. The van der Waals surface area contributed by atoms with Crippen molar-refractivity contribution in [3.05, 3.63) is 29.8 Å². The van der Waals surface area contributed by atoms with E-state index in [0.29, 0.717) is 12.2 Å². The number of rotatable bonds is 6. The highest BCUT2D eigenvalue weighted by molar-refractivity contribution is 5.34. The van der Waals surface area contributed by atoms with Gasteiger partial charge in [0.25, 0.3) is 0 Å². The number of ether oxygens (including phenoxy) is 1. The van der Waals surface area contributed by atoms with E-state index in [0.717, 1.165) is 45.0 Å². The Hall–Kier alpha value is -1.61. The number of piperazine rings is 1. The van der Waals surface area contributed by atoms with Crippen molar-refractivity contribution in [1.29, 1.82) is 5.26 Å². The Morgan fingerprint density at radius 2 is 1.65 bits per heavy atom. The molecule has 108 valence electrons. The molecule has 1 fully saturated rings. The largest absolute Gasteiger partial charge is 0.492 e. The molecule has 0 bridgehead atoms. The van der Waals surface area contributed by atoms with E-state index in [1.54, 1.807) is 12.1 Å². The lowest BCUT2D eigenvalue weighted by molar-refractivity contribution is 0.102. The van der Waals surface area contributed by atoms with Crippen LogP contribution in [0.4, 0.5) is 0 Å². The first kappa shape index (κ1) is 14.8. The molecule has 20 heavy (non-hydrogen) atoms. The van der Waals surface area contributed by atoms with Crippen LogP contribution in [0.15, 0.2) is 24.3 Å². The molecule has 0 spiro atoms. The van der Waals surface area contributed by atoms with Crippen molar-refractivity contribution in [2.75, 3.05) is 52.5 Å². The molecule has 1 aliphatic rings. The molecule has 5 nitrogen and oxygen atoms in total. The van der Waals surface area contributed by atoms with E-state index >= 15 is 0 Å². The summed E-state index contributed by atoms with van der Waals surface area (Å²) in [4.78, 5) is 4.65. The summed E-state index contributed by atoms with van der Waals surface area (Å²) in [6.07, 6.45) is 0. The molecule has 1 aliphatic heterocycles. The molecule has 2 rings (SSSR count). The monoisotopic (exact) mass is 275 g/mol. The van der Waals surface area contributed by atoms with Crippen molar-refractivity contribution in [3.63, 3.8) is 0 Å². The van der Waals surface area contributed by atoms with Gasteiger partial charge in [0, 0.05) is 39.3 Å². The van der Waals surface area contributed by atoms with Crippen molar-refractivity contribution < 1.29 is 9.84 Å². The van der Waals surface area contributed by atoms with Crippen molar-refractivity contribution in [2.45, 2.75) is 0 Å². The van der Waals surface area contributed by atoms with Gasteiger partial charge in [0.15, 0.2) is 0 Å². The fourth-order valence-corrected chi connectivity index (χ4v) is 2.30. The van der Waals surface area contributed by atoms with E-state index in [4.69, 9.17) is 15.1 Å². The zero-order valence-corrected chi connectivity index (χ0v) is 11.7. The Bertz CT molecular complexity index is 433. The first-order chi connectivity index (χ1) is 9.81. The Kier molecular flexibility index (Phi) is 5.81. The number of benzene rings is 1. The second-order valence-corrected chi connectivity index (χ2v) is 4.89. The van der Waals surface area contributed by atoms with E-state index in [2.05, 4.69) is 15.9 Å². The molecule has 1 aromatic carbocycles. The normalized spacial score (nSPS) is 16.8. The first-order valence-electron chi connectivity index (χ1n) is 7.00. The van der Waals surface area contributed by atoms with Crippen LogP contribution in [0.5, 0.6) is 5.75 Å². The van der Waals surface area contributed by atoms with Gasteiger partial charge in [0.2, 0.25) is 0 Å². The zero-order chi connectivity index (χ0) is 14.2. The molecule has 0 saturated carbocycles. The Balaban J connectivity index is 1.65. The fraction of sp³-hybridized carbons (Fsp3) is 0.533. The molecule has 0 aromatic heterocycles. The molecule has 1 saturated heterocycles. The van der Waals surface area contributed by atoms with Gasteiger partial charge in [0.1, 0.15) is 12.4 Å². The summed E-state index contributed by atoms with van der Waals surface area (Å²) in [5.74, 6) is 0.808. The number of β-amino-alcohol motifs (C(OH)–C–C–N with tert-alkyl or cyclic N) is 1. The molecule has 0 radical (unpaired) electrons. The van der Waals surface area contributed by atoms with Crippen LogP contribution in [-0.2, 0) is 0 Å². The predicted octanol–water partition coefficient (Wildman–Crippen LogP) is 0.547. The Morgan fingerprint density at radius 3 is 2.20 bits per heavy atom. The molecule has 0 unspecified atom stereocenters. The van der Waals surface area contributed by atoms with Crippen LogP contribution in [-0.4, -0.2) is 67.4 Å². The summed E-state index contributed by atoms with van der Waals surface area (Å²) in [5.41, 5.74) is 0.650. The van der Waals surface area contributed by atoms with Gasteiger partial charge in [-0.05, 0) is 24.3 Å². The van der Waals surface area contributed by atoms with E-state index in [1.165, 1.54) is 0 Å². The molecular formula is C15H21N3O2. The quantitative estimate of drug-likeness (QED) is 0.821. The van der Waals surface area contributed by atoms with Crippen LogP contribution >= 0.6 is 0 Å². The van der Waals surface area contributed by atoms with Crippen LogP contribution < -0.4 is 4.74 Å². The second-order valence-electron chi connectivity index (χ2n) is 4.89. The van der Waals surface area contributed by atoms with Gasteiger partial charge >= 0.3 is 0 Å². The van der Waals surface area contributed by atoms with Crippen molar-refractivity contribution in [2.24, 2.45) is 0 Å². The van der Waals surface area contributed by atoms with Crippen LogP contribution in [0.1, 0.15) is 5.56 Å². The summed E-state index contributed by atoms with van der Waals surface area (Å²) in [6, 6.07) is 9.29. The zero-order valence-electron chi connectivity index (χ0n) is 11.7. The Morgan fingerprint density at radius 1 is 1.05 bits per heavy atom. The number of nitrogens with zero attached hydrogens (tertiary/aromatic N) is 3. The highest BCUT2D eigenvalue weighted by atomic mass is 16.5. The van der Waals surface area contributed by atoms with Gasteiger partial charge in [0.05, 0.1) is 18.2 Å². The minimum Gasteiger partial charge on any atom is -0.492 e. The summed E-state index contributed by atoms with van der Waals surface area (Å²) in [5, 5.41) is 17.6. The Labute approximate surface area is 120 Å². The third-order valence-electron chi connectivity index (χ3n) is 3.54. The number of aliphatic hydroxyl groups excluding tert-OH is 1. The highest BCUT2D eigenvalue weighted by Crippen LogP contribution is 2.11. The fourth-order valence-electron chi connectivity index (χ4n) is 2.30. The van der Waals surface area contributed by atoms with Gasteiger partial charge in [-0.15, -0.1) is 0 Å². The summed E-state index contributed by atoms with van der Waals surface area (Å²) in [7, 11) is 0. The topological polar surface area (TPSA) is 59.7 Å². The predicted molar refractivity (Wildman–Crippen MR) is 76.6 cm³/mol. The number of hydrogen-bond donors (Lipinski definition) is 1. The smallest absolute Gasteiger partial charge is 0.119 e. The molecular weight excluding hydrogens is 254 g/mol. The molecule has 0 aliphatic carbocycles. The van der Waals surface area contributed by atoms with Crippen molar-refractivity contribution in [3.8, 4) is 11.8 Å². The summed E-state index contributed by atoms with van der Waals surface area (Å²) in [6.45, 7) is 6.65. The maximum atomic E-state index is 8.89. The number of hydrogen-bond acceptors (Lipinski definition) is 5. The lowest BCUT2D eigenvalue weighted by Gasteiger charge is -2.34. The average molecular weight is 275 g/mol. The lowest BCUT2D eigenvalue weighted by atomic mass is 10.2. The van der Waals surface area contributed by atoms with Crippen molar-refractivity contribution >= 4 is 0 Å². The number of aliphatic hydroxyl groups is 1. The van der Waals surface area contributed by atoms with Crippen LogP contribution in [0.25, 0.3) is 0 Å². The van der Waals surface area contributed by atoms with Crippen LogP contribution in [0.2, 0.25) is 0 Å². The van der Waals surface area contributed by atoms with Gasteiger partial charge in [-0.25, -0.2) is 0 Å². The van der Waals surface area contributed by atoms with E-state index in [-0.39, 0.29) is 6.61 Å². The van der Waals surface area contributed by atoms with Crippen molar-refractivity contribution in [1.82, 2.24) is 9.80 Å². The third kappa shape index (κ3) is 4.49. The molecule has 1 aromatic rings.